The fourth-order valence-electron chi connectivity index (χ4n) is 3.84. The largest absolute Gasteiger partial charge is 0.389 e. The topological polar surface area (TPSA) is 62.4 Å². The molecule has 2 fully saturated rings. The molecule has 1 N–H and O–H groups in total. The predicted octanol–water partition coefficient (Wildman–Crippen LogP) is 2.85. The summed E-state index contributed by atoms with van der Waals surface area (Å²) in [6.07, 6.45) is 8.40. The number of aliphatic hydroxyl groups is 1. The fraction of sp³-hybridized carbons (Fsp3) is 0.875. The van der Waals surface area contributed by atoms with E-state index in [1.54, 1.807) is 0 Å². The van der Waals surface area contributed by atoms with Crippen LogP contribution in [0.4, 0.5) is 0 Å². The molecule has 1 aliphatic heterocycles. The van der Waals surface area contributed by atoms with E-state index in [1.165, 1.54) is 32.1 Å². The molecule has 1 saturated carbocycles. The molecule has 1 aliphatic carbocycles. The number of hydrogen-bond acceptors (Lipinski definition) is 5. The first-order valence-electron chi connectivity index (χ1n) is 8.33. The zero-order valence-corrected chi connectivity index (χ0v) is 13.2. The summed E-state index contributed by atoms with van der Waals surface area (Å²) in [7, 11) is 0. The van der Waals surface area contributed by atoms with Gasteiger partial charge in [0.2, 0.25) is 5.89 Å². The van der Waals surface area contributed by atoms with Gasteiger partial charge in [-0.15, -0.1) is 0 Å². The van der Waals surface area contributed by atoms with Crippen LogP contribution in [-0.4, -0.2) is 38.3 Å². The molecule has 1 unspecified atom stereocenters. The second-order valence-corrected chi connectivity index (χ2v) is 7.17. The molecule has 1 aromatic rings. The van der Waals surface area contributed by atoms with Crippen LogP contribution in [0.25, 0.3) is 0 Å². The minimum atomic E-state index is -0.674. The Labute approximate surface area is 126 Å². The van der Waals surface area contributed by atoms with Crippen molar-refractivity contribution in [1.82, 2.24) is 15.0 Å². The molecule has 2 heterocycles. The monoisotopic (exact) mass is 293 g/mol. The van der Waals surface area contributed by atoms with Crippen LogP contribution in [0.5, 0.6) is 0 Å². The maximum Gasteiger partial charge on any atom is 0.229 e. The van der Waals surface area contributed by atoms with Crippen molar-refractivity contribution in [3.8, 4) is 0 Å². The minimum absolute atomic E-state index is 0.189. The zero-order chi connectivity index (χ0) is 14.9. The van der Waals surface area contributed by atoms with Crippen molar-refractivity contribution in [2.75, 3.05) is 6.54 Å². The number of rotatable bonds is 4. The first kappa shape index (κ1) is 15.0. The Morgan fingerprint density at radius 3 is 2.67 bits per heavy atom. The standard InChI is InChI=1S/C16H27N3O2/c1-16(2,20)13-9-6-10-19(13)11-14-17-15(21-18-14)12-7-4-3-5-8-12/h12-13,20H,3-11H2,1-2H3. The first-order chi connectivity index (χ1) is 10.0. The summed E-state index contributed by atoms with van der Waals surface area (Å²) < 4.78 is 5.48. The van der Waals surface area contributed by atoms with Crippen LogP contribution < -0.4 is 0 Å². The molecule has 5 nitrogen and oxygen atoms in total. The van der Waals surface area contributed by atoms with Crippen molar-refractivity contribution in [2.24, 2.45) is 0 Å². The molecule has 0 aromatic carbocycles. The van der Waals surface area contributed by atoms with Crippen LogP contribution >= 0.6 is 0 Å². The molecule has 3 rings (SSSR count). The second kappa shape index (κ2) is 6.05. The highest BCUT2D eigenvalue weighted by Crippen LogP contribution is 2.32. The molecular formula is C16H27N3O2. The van der Waals surface area contributed by atoms with Gasteiger partial charge in [0.25, 0.3) is 0 Å². The third kappa shape index (κ3) is 3.46. The maximum absolute atomic E-state index is 10.3. The molecule has 0 spiro atoms. The fourth-order valence-corrected chi connectivity index (χ4v) is 3.84. The summed E-state index contributed by atoms with van der Waals surface area (Å²) in [5.74, 6) is 2.05. The predicted molar refractivity (Wildman–Crippen MR) is 79.9 cm³/mol. The van der Waals surface area contributed by atoms with Gasteiger partial charge in [-0.2, -0.15) is 4.98 Å². The van der Waals surface area contributed by atoms with Crippen LogP contribution in [0, 0.1) is 0 Å². The van der Waals surface area contributed by atoms with Gasteiger partial charge in [0.05, 0.1) is 12.1 Å². The highest BCUT2D eigenvalue weighted by atomic mass is 16.5. The van der Waals surface area contributed by atoms with Crippen LogP contribution in [-0.2, 0) is 6.54 Å². The summed E-state index contributed by atoms with van der Waals surface area (Å²) in [5, 5.41) is 14.4. The highest BCUT2D eigenvalue weighted by molar-refractivity contribution is 4.98. The smallest absolute Gasteiger partial charge is 0.229 e. The van der Waals surface area contributed by atoms with Crippen molar-refractivity contribution >= 4 is 0 Å². The summed E-state index contributed by atoms with van der Waals surface area (Å²) in [6, 6.07) is 0.189. The third-order valence-electron chi connectivity index (χ3n) is 4.96. The Morgan fingerprint density at radius 1 is 1.19 bits per heavy atom. The molecule has 118 valence electrons. The van der Waals surface area contributed by atoms with E-state index in [2.05, 4.69) is 15.0 Å². The summed E-state index contributed by atoms with van der Waals surface area (Å²) >= 11 is 0. The molecule has 1 aromatic heterocycles. The van der Waals surface area contributed by atoms with Crippen molar-refractivity contribution in [2.45, 2.75) is 82.9 Å². The minimum Gasteiger partial charge on any atom is -0.389 e. The summed E-state index contributed by atoms with van der Waals surface area (Å²) in [4.78, 5) is 6.90. The van der Waals surface area contributed by atoms with Crippen LogP contribution in [0.1, 0.15) is 76.4 Å². The molecule has 0 bridgehead atoms. The van der Waals surface area contributed by atoms with Gasteiger partial charge in [0.15, 0.2) is 5.82 Å². The molecule has 21 heavy (non-hydrogen) atoms. The normalized spacial score (nSPS) is 25.6. The van der Waals surface area contributed by atoms with Crippen LogP contribution in [0.3, 0.4) is 0 Å². The van der Waals surface area contributed by atoms with E-state index in [9.17, 15) is 5.11 Å². The summed E-state index contributed by atoms with van der Waals surface area (Å²) in [5.41, 5.74) is -0.674. The van der Waals surface area contributed by atoms with Gasteiger partial charge in [-0.3, -0.25) is 4.90 Å². The van der Waals surface area contributed by atoms with E-state index >= 15 is 0 Å². The molecule has 1 saturated heterocycles. The number of likely N-dealkylation sites (tertiary alicyclic amines) is 1. The van der Waals surface area contributed by atoms with Crippen molar-refractivity contribution in [1.29, 1.82) is 0 Å². The van der Waals surface area contributed by atoms with Gasteiger partial charge < -0.3 is 9.63 Å². The van der Waals surface area contributed by atoms with E-state index in [1.807, 2.05) is 13.8 Å². The number of aromatic nitrogens is 2. The quantitative estimate of drug-likeness (QED) is 0.925. The lowest BCUT2D eigenvalue weighted by Crippen LogP contribution is -2.45. The molecule has 5 heteroatoms. The van der Waals surface area contributed by atoms with Gasteiger partial charge in [-0.1, -0.05) is 24.4 Å². The Balaban J connectivity index is 1.64. The Kier molecular flexibility index (Phi) is 4.31. The number of hydrogen-bond donors (Lipinski definition) is 1. The lowest BCUT2D eigenvalue weighted by Gasteiger charge is -2.33. The molecule has 0 radical (unpaired) electrons. The molecular weight excluding hydrogens is 266 g/mol. The second-order valence-electron chi connectivity index (χ2n) is 7.17. The molecule has 0 amide bonds. The van der Waals surface area contributed by atoms with Gasteiger partial charge in [0, 0.05) is 12.0 Å². The van der Waals surface area contributed by atoms with Gasteiger partial charge >= 0.3 is 0 Å². The van der Waals surface area contributed by atoms with Crippen LogP contribution in [0.2, 0.25) is 0 Å². The van der Waals surface area contributed by atoms with Gasteiger partial charge in [-0.25, -0.2) is 0 Å². The average Bonchev–Trinajstić information content (AvgIpc) is 3.09. The molecule has 2 aliphatic rings. The Morgan fingerprint density at radius 2 is 1.95 bits per heavy atom. The summed E-state index contributed by atoms with van der Waals surface area (Å²) in [6.45, 7) is 5.46. The highest BCUT2D eigenvalue weighted by Gasteiger charge is 2.36. The van der Waals surface area contributed by atoms with Crippen molar-refractivity contribution in [3.63, 3.8) is 0 Å². The Hall–Kier alpha value is -0.940. The average molecular weight is 293 g/mol. The Bertz CT molecular complexity index is 460. The van der Waals surface area contributed by atoms with E-state index in [-0.39, 0.29) is 6.04 Å². The number of nitrogens with zero attached hydrogens (tertiary/aromatic N) is 3. The lowest BCUT2D eigenvalue weighted by molar-refractivity contribution is -0.00592. The first-order valence-corrected chi connectivity index (χ1v) is 8.33. The zero-order valence-electron chi connectivity index (χ0n) is 13.2. The van der Waals surface area contributed by atoms with E-state index < -0.39 is 5.60 Å². The SMILES string of the molecule is CC(C)(O)C1CCCN1Cc1noc(C2CCCCC2)n1. The van der Waals surface area contributed by atoms with Crippen LogP contribution in [0.15, 0.2) is 4.52 Å². The maximum atomic E-state index is 10.3. The van der Waals surface area contributed by atoms with E-state index in [0.717, 1.165) is 31.1 Å². The van der Waals surface area contributed by atoms with E-state index in [4.69, 9.17) is 4.52 Å². The third-order valence-corrected chi connectivity index (χ3v) is 4.96. The van der Waals surface area contributed by atoms with Gasteiger partial charge in [0.1, 0.15) is 0 Å². The van der Waals surface area contributed by atoms with Crippen molar-refractivity contribution < 1.29 is 9.63 Å². The van der Waals surface area contributed by atoms with E-state index in [0.29, 0.717) is 12.5 Å². The van der Waals surface area contributed by atoms with Gasteiger partial charge in [-0.05, 0) is 46.1 Å². The molecule has 1 atom stereocenters. The van der Waals surface area contributed by atoms with Crippen molar-refractivity contribution in [3.05, 3.63) is 11.7 Å². The lowest BCUT2D eigenvalue weighted by atomic mass is 9.89.